The average molecular weight is 178 g/mol. The highest BCUT2D eigenvalue weighted by molar-refractivity contribution is 5.10. The Morgan fingerprint density at radius 3 is 2.38 bits per heavy atom. The summed E-state index contributed by atoms with van der Waals surface area (Å²) in [6.45, 7) is 12.4. The van der Waals surface area contributed by atoms with Crippen molar-refractivity contribution in [3.05, 3.63) is 12.7 Å². The molecule has 0 amide bonds. The van der Waals surface area contributed by atoms with E-state index in [1.165, 1.54) is 0 Å². The van der Waals surface area contributed by atoms with E-state index in [4.69, 9.17) is 0 Å². The fourth-order valence-corrected chi connectivity index (χ4v) is 1.02. The Bertz CT molecular complexity index is 194. The third-order valence-electron chi connectivity index (χ3n) is 1.86. The van der Waals surface area contributed by atoms with Crippen molar-refractivity contribution in [2.24, 2.45) is 11.3 Å². The summed E-state index contributed by atoms with van der Waals surface area (Å²) in [5.74, 6) is 7.20. The van der Waals surface area contributed by atoms with Crippen LogP contribution in [0.4, 0.5) is 0 Å². The first-order chi connectivity index (χ1) is 5.99. The lowest BCUT2D eigenvalue weighted by molar-refractivity contribution is 0.558. The molecule has 0 aliphatic rings. The summed E-state index contributed by atoms with van der Waals surface area (Å²) in [5, 5.41) is 0. The van der Waals surface area contributed by atoms with Crippen LogP contribution >= 0.6 is 0 Å². The predicted octanol–water partition coefficient (Wildman–Crippen LogP) is 4.03. The molecule has 0 aliphatic carbocycles. The van der Waals surface area contributed by atoms with E-state index in [0.29, 0.717) is 5.92 Å². The van der Waals surface area contributed by atoms with Crippen LogP contribution in [0.3, 0.4) is 0 Å². The third kappa shape index (κ3) is 7.65. The Morgan fingerprint density at radius 2 is 2.00 bits per heavy atom. The second-order valence-electron chi connectivity index (χ2n) is 4.49. The van der Waals surface area contributed by atoms with Gasteiger partial charge in [0.2, 0.25) is 0 Å². The largest absolute Gasteiger partial charge is 0.103 e. The summed E-state index contributed by atoms with van der Waals surface area (Å²) in [6, 6.07) is 0. The highest BCUT2D eigenvalue weighted by atomic mass is 14.1. The molecule has 0 heteroatoms. The smallest absolute Gasteiger partial charge is 0.0230 e. The molecule has 1 unspecified atom stereocenters. The van der Waals surface area contributed by atoms with Gasteiger partial charge in [0.05, 0.1) is 0 Å². The van der Waals surface area contributed by atoms with Crippen molar-refractivity contribution >= 4 is 0 Å². The maximum Gasteiger partial charge on any atom is 0.0230 e. The summed E-state index contributed by atoms with van der Waals surface area (Å²) in [6.07, 6.45) is 5.36. The van der Waals surface area contributed by atoms with Gasteiger partial charge < -0.3 is 0 Å². The van der Waals surface area contributed by atoms with Gasteiger partial charge in [0, 0.05) is 11.3 Å². The average Bonchev–Trinajstić information content (AvgIpc) is 2.03. The standard InChI is InChI=1S/C13H22/c1-6-8-9-12(7-2)10-11-13(3,4)5/h6,12H,1,7-9H2,2-5H3. The Morgan fingerprint density at radius 1 is 1.38 bits per heavy atom. The van der Waals surface area contributed by atoms with Crippen LogP contribution in [-0.2, 0) is 0 Å². The molecule has 0 heterocycles. The van der Waals surface area contributed by atoms with Crippen molar-refractivity contribution in [2.75, 3.05) is 0 Å². The summed E-state index contributed by atoms with van der Waals surface area (Å²) < 4.78 is 0. The van der Waals surface area contributed by atoms with E-state index in [2.05, 4.69) is 46.1 Å². The summed E-state index contributed by atoms with van der Waals surface area (Å²) in [5.41, 5.74) is 0.140. The second-order valence-corrected chi connectivity index (χ2v) is 4.49. The van der Waals surface area contributed by atoms with Crippen LogP contribution in [0.1, 0.15) is 47.0 Å². The van der Waals surface area contributed by atoms with Crippen LogP contribution in [-0.4, -0.2) is 0 Å². The van der Waals surface area contributed by atoms with Gasteiger partial charge in [0.25, 0.3) is 0 Å². The van der Waals surface area contributed by atoms with E-state index in [0.717, 1.165) is 19.3 Å². The maximum absolute atomic E-state index is 3.73. The van der Waals surface area contributed by atoms with E-state index in [1.54, 1.807) is 0 Å². The fourth-order valence-electron chi connectivity index (χ4n) is 1.02. The minimum Gasteiger partial charge on any atom is -0.103 e. The van der Waals surface area contributed by atoms with Crippen LogP contribution in [0, 0.1) is 23.2 Å². The van der Waals surface area contributed by atoms with Crippen LogP contribution in [0.25, 0.3) is 0 Å². The summed E-state index contributed by atoms with van der Waals surface area (Å²) in [7, 11) is 0. The maximum atomic E-state index is 3.73. The number of allylic oxidation sites excluding steroid dienone is 1. The minimum atomic E-state index is 0.140. The zero-order chi connectivity index (χ0) is 10.3. The molecule has 0 saturated carbocycles. The first-order valence-corrected chi connectivity index (χ1v) is 5.13. The van der Waals surface area contributed by atoms with Crippen LogP contribution in [0.2, 0.25) is 0 Å². The molecule has 1 atom stereocenters. The molecule has 0 fully saturated rings. The van der Waals surface area contributed by atoms with Gasteiger partial charge in [0.1, 0.15) is 0 Å². The predicted molar refractivity (Wildman–Crippen MR) is 60.4 cm³/mol. The third-order valence-corrected chi connectivity index (χ3v) is 1.86. The molecule has 0 bridgehead atoms. The zero-order valence-electron chi connectivity index (χ0n) is 9.48. The molecule has 0 saturated heterocycles. The quantitative estimate of drug-likeness (QED) is 0.450. The molecule has 0 nitrogen and oxygen atoms in total. The molecule has 0 aromatic heterocycles. The highest BCUT2D eigenvalue weighted by Crippen LogP contribution is 2.14. The van der Waals surface area contributed by atoms with Gasteiger partial charge in [-0.2, -0.15) is 0 Å². The molecule has 0 radical (unpaired) electrons. The molecule has 0 rings (SSSR count). The van der Waals surface area contributed by atoms with Gasteiger partial charge in [-0.15, -0.1) is 6.58 Å². The molecule has 74 valence electrons. The van der Waals surface area contributed by atoms with E-state index in [-0.39, 0.29) is 5.41 Å². The van der Waals surface area contributed by atoms with Gasteiger partial charge in [-0.3, -0.25) is 0 Å². The van der Waals surface area contributed by atoms with Gasteiger partial charge in [-0.1, -0.05) is 24.8 Å². The molecule has 13 heavy (non-hydrogen) atoms. The normalized spacial score (nSPS) is 12.9. The lowest BCUT2D eigenvalue weighted by Crippen LogP contribution is -2.02. The zero-order valence-corrected chi connectivity index (χ0v) is 9.48. The summed E-state index contributed by atoms with van der Waals surface area (Å²) in [4.78, 5) is 0. The topological polar surface area (TPSA) is 0 Å². The molecule has 0 aromatic rings. The summed E-state index contributed by atoms with van der Waals surface area (Å²) >= 11 is 0. The second kappa shape index (κ2) is 5.86. The van der Waals surface area contributed by atoms with E-state index >= 15 is 0 Å². The number of hydrogen-bond acceptors (Lipinski definition) is 0. The first kappa shape index (κ1) is 12.3. The van der Waals surface area contributed by atoms with E-state index in [9.17, 15) is 0 Å². The Balaban J connectivity index is 4.08. The lowest BCUT2D eigenvalue weighted by atomic mass is 9.94. The minimum absolute atomic E-state index is 0.140. The molecular weight excluding hydrogens is 156 g/mol. The molecular formula is C13H22. The number of hydrogen-bond donors (Lipinski definition) is 0. The Kier molecular flexibility index (Phi) is 5.55. The van der Waals surface area contributed by atoms with Crippen molar-refractivity contribution in [1.29, 1.82) is 0 Å². The van der Waals surface area contributed by atoms with Crippen LogP contribution in [0.15, 0.2) is 12.7 Å². The SMILES string of the molecule is C=CCCC(C#CC(C)(C)C)CC. The Hall–Kier alpha value is -0.700. The van der Waals surface area contributed by atoms with Crippen molar-refractivity contribution in [1.82, 2.24) is 0 Å². The highest BCUT2D eigenvalue weighted by Gasteiger charge is 2.05. The van der Waals surface area contributed by atoms with E-state index in [1.807, 2.05) is 6.08 Å². The lowest BCUT2D eigenvalue weighted by Gasteiger charge is -2.10. The van der Waals surface area contributed by atoms with Crippen molar-refractivity contribution < 1.29 is 0 Å². The molecule has 0 aromatic carbocycles. The van der Waals surface area contributed by atoms with Crippen LogP contribution < -0.4 is 0 Å². The van der Waals surface area contributed by atoms with Crippen molar-refractivity contribution in [3.63, 3.8) is 0 Å². The van der Waals surface area contributed by atoms with Gasteiger partial charge in [-0.25, -0.2) is 0 Å². The van der Waals surface area contributed by atoms with Crippen molar-refractivity contribution in [3.8, 4) is 11.8 Å². The van der Waals surface area contributed by atoms with Gasteiger partial charge in [-0.05, 0) is 40.0 Å². The van der Waals surface area contributed by atoms with Gasteiger partial charge in [0.15, 0.2) is 0 Å². The number of rotatable bonds is 4. The van der Waals surface area contributed by atoms with Crippen LogP contribution in [0.5, 0.6) is 0 Å². The van der Waals surface area contributed by atoms with Gasteiger partial charge >= 0.3 is 0 Å². The molecule has 0 aliphatic heterocycles. The molecule has 0 N–H and O–H groups in total. The Labute approximate surface area is 83.4 Å². The fraction of sp³-hybridized carbons (Fsp3) is 0.692. The monoisotopic (exact) mass is 178 g/mol. The van der Waals surface area contributed by atoms with E-state index < -0.39 is 0 Å². The molecule has 0 spiro atoms. The first-order valence-electron chi connectivity index (χ1n) is 5.13. The van der Waals surface area contributed by atoms with Crippen molar-refractivity contribution in [2.45, 2.75) is 47.0 Å².